The second kappa shape index (κ2) is 6.54. The number of aliphatic carboxylic acids is 1. The molecule has 0 aromatic rings. The summed E-state index contributed by atoms with van der Waals surface area (Å²) in [5.74, 6) is -1.34. The highest BCUT2D eigenvalue weighted by molar-refractivity contribution is 5.89. The van der Waals surface area contributed by atoms with Crippen LogP contribution in [0.2, 0.25) is 0 Å². The Bertz CT molecular complexity index is 368. The van der Waals surface area contributed by atoms with Crippen LogP contribution in [0.15, 0.2) is 0 Å². The first-order chi connectivity index (χ1) is 8.81. The number of nitrogens with zero attached hydrogens (tertiary/aromatic N) is 1. The molecule has 0 bridgehead atoms. The van der Waals surface area contributed by atoms with E-state index in [9.17, 15) is 14.4 Å². The molecule has 0 aromatic heterocycles. The van der Waals surface area contributed by atoms with E-state index in [1.807, 2.05) is 13.8 Å². The van der Waals surface area contributed by atoms with Crippen LogP contribution in [0.1, 0.15) is 40.0 Å². The largest absolute Gasteiger partial charge is 0.481 e. The third-order valence-corrected chi connectivity index (χ3v) is 3.33. The van der Waals surface area contributed by atoms with Crippen LogP contribution in [0.3, 0.4) is 0 Å². The molecule has 1 fully saturated rings. The Labute approximate surface area is 113 Å². The number of carbonyl (C=O) groups excluding carboxylic acids is 2. The van der Waals surface area contributed by atoms with E-state index < -0.39 is 5.97 Å². The highest BCUT2D eigenvalue weighted by Crippen LogP contribution is 2.20. The van der Waals surface area contributed by atoms with Gasteiger partial charge in [0.05, 0.1) is 5.92 Å². The minimum atomic E-state index is -0.872. The first-order valence-electron chi connectivity index (χ1n) is 6.63. The van der Waals surface area contributed by atoms with E-state index in [2.05, 4.69) is 5.32 Å². The number of nitrogens with one attached hydrogen (secondary N) is 1. The zero-order chi connectivity index (χ0) is 14.6. The first kappa shape index (κ1) is 15.5. The molecule has 2 atom stereocenters. The van der Waals surface area contributed by atoms with E-state index in [0.717, 1.165) is 0 Å². The topological polar surface area (TPSA) is 86.7 Å². The Morgan fingerprint density at radius 3 is 2.53 bits per heavy atom. The van der Waals surface area contributed by atoms with Gasteiger partial charge in [-0.25, -0.2) is 0 Å². The van der Waals surface area contributed by atoms with Crippen LogP contribution >= 0.6 is 0 Å². The Balaban J connectivity index is 2.42. The Morgan fingerprint density at radius 1 is 1.42 bits per heavy atom. The van der Waals surface area contributed by atoms with Gasteiger partial charge in [-0.3, -0.25) is 14.4 Å². The van der Waals surface area contributed by atoms with Crippen LogP contribution in [-0.4, -0.2) is 46.4 Å². The summed E-state index contributed by atoms with van der Waals surface area (Å²) in [6.07, 6.45) is 0.675. The van der Waals surface area contributed by atoms with E-state index in [-0.39, 0.29) is 42.7 Å². The molecule has 2 N–H and O–H groups in total. The molecule has 0 spiro atoms. The van der Waals surface area contributed by atoms with Crippen molar-refractivity contribution >= 4 is 17.8 Å². The Morgan fingerprint density at radius 2 is 2.05 bits per heavy atom. The van der Waals surface area contributed by atoms with E-state index in [4.69, 9.17) is 5.11 Å². The monoisotopic (exact) mass is 270 g/mol. The summed E-state index contributed by atoms with van der Waals surface area (Å²) < 4.78 is 0. The fraction of sp³-hybridized carbons (Fsp3) is 0.769. The molecule has 2 amide bonds. The number of rotatable bonds is 6. The molecule has 1 saturated heterocycles. The summed E-state index contributed by atoms with van der Waals surface area (Å²) in [6, 6.07) is -0.0819. The van der Waals surface area contributed by atoms with Crippen molar-refractivity contribution in [3.05, 3.63) is 0 Å². The number of carbonyl (C=O) groups is 3. The van der Waals surface area contributed by atoms with Gasteiger partial charge in [0.1, 0.15) is 0 Å². The summed E-state index contributed by atoms with van der Waals surface area (Å²) in [5.41, 5.74) is 0. The minimum absolute atomic E-state index is 0.00772. The van der Waals surface area contributed by atoms with Crippen LogP contribution in [0.4, 0.5) is 0 Å². The SMILES string of the molecule is CC(CCC(=O)O)NC(=O)C1CC(=O)N(C(C)C)C1. The molecule has 0 aromatic carbocycles. The van der Waals surface area contributed by atoms with E-state index >= 15 is 0 Å². The normalized spacial score (nSPS) is 20.7. The average Bonchev–Trinajstić information content (AvgIpc) is 2.69. The van der Waals surface area contributed by atoms with Crippen LogP contribution in [-0.2, 0) is 14.4 Å². The van der Waals surface area contributed by atoms with Gasteiger partial charge in [0.25, 0.3) is 0 Å². The van der Waals surface area contributed by atoms with Crippen molar-refractivity contribution in [3.63, 3.8) is 0 Å². The lowest BCUT2D eigenvalue weighted by molar-refractivity contribution is -0.137. The number of carboxylic acids is 1. The van der Waals surface area contributed by atoms with Crippen molar-refractivity contribution < 1.29 is 19.5 Å². The molecule has 1 aliphatic rings. The lowest BCUT2D eigenvalue weighted by atomic mass is 10.1. The second-order valence-corrected chi connectivity index (χ2v) is 5.38. The summed E-state index contributed by atoms with van der Waals surface area (Å²) in [4.78, 5) is 35.8. The van der Waals surface area contributed by atoms with Crippen LogP contribution in [0.25, 0.3) is 0 Å². The van der Waals surface area contributed by atoms with Crippen molar-refractivity contribution in [1.82, 2.24) is 10.2 Å². The van der Waals surface area contributed by atoms with Crippen molar-refractivity contribution in [3.8, 4) is 0 Å². The van der Waals surface area contributed by atoms with E-state index in [1.165, 1.54) is 0 Å². The van der Waals surface area contributed by atoms with Crippen LogP contribution in [0, 0.1) is 5.92 Å². The third-order valence-electron chi connectivity index (χ3n) is 3.33. The quantitative estimate of drug-likeness (QED) is 0.740. The second-order valence-electron chi connectivity index (χ2n) is 5.38. The summed E-state index contributed by atoms with van der Waals surface area (Å²) in [7, 11) is 0. The average molecular weight is 270 g/mol. The van der Waals surface area contributed by atoms with Gasteiger partial charge in [0.15, 0.2) is 0 Å². The van der Waals surface area contributed by atoms with Gasteiger partial charge in [-0.15, -0.1) is 0 Å². The van der Waals surface area contributed by atoms with E-state index in [1.54, 1.807) is 11.8 Å². The van der Waals surface area contributed by atoms with E-state index in [0.29, 0.717) is 13.0 Å². The molecule has 0 saturated carbocycles. The summed E-state index contributed by atoms with van der Waals surface area (Å²) >= 11 is 0. The molecule has 108 valence electrons. The standard InChI is InChI=1S/C13H22N2O4/c1-8(2)15-7-10(6-11(15)16)13(19)14-9(3)4-5-12(17)18/h8-10H,4-7H2,1-3H3,(H,14,19)(H,17,18). The third kappa shape index (κ3) is 4.54. The molecule has 1 aliphatic heterocycles. The molecule has 1 rings (SSSR count). The predicted octanol–water partition coefficient (Wildman–Crippen LogP) is 0.613. The lowest BCUT2D eigenvalue weighted by Crippen LogP contribution is -2.39. The molecule has 0 aliphatic carbocycles. The van der Waals surface area contributed by atoms with Gasteiger partial charge in [-0.05, 0) is 27.2 Å². The number of hydrogen-bond acceptors (Lipinski definition) is 3. The lowest BCUT2D eigenvalue weighted by Gasteiger charge is -2.21. The van der Waals surface area contributed by atoms with Gasteiger partial charge in [-0.1, -0.05) is 0 Å². The van der Waals surface area contributed by atoms with Gasteiger partial charge < -0.3 is 15.3 Å². The molecule has 1 heterocycles. The van der Waals surface area contributed by atoms with Crippen LogP contribution < -0.4 is 5.32 Å². The Kier molecular flexibility index (Phi) is 5.32. The van der Waals surface area contributed by atoms with Crippen LogP contribution in [0.5, 0.6) is 0 Å². The molecular weight excluding hydrogens is 248 g/mol. The van der Waals surface area contributed by atoms with Crippen molar-refractivity contribution in [1.29, 1.82) is 0 Å². The van der Waals surface area contributed by atoms with Crippen molar-refractivity contribution in [2.75, 3.05) is 6.54 Å². The maximum Gasteiger partial charge on any atom is 0.303 e. The fourth-order valence-electron chi connectivity index (χ4n) is 2.18. The van der Waals surface area contributed by atoms with Gasteiger partial charge in [0, 0.05) is 31.5 Å². The zero-order valence-electron chi connectivity index (χ0n) is 11.7. The molecular formula is C13H22N2O4. The van der Waals surface area contributed by atoms with Gasteiger partial charge >= 0.3 is 5.97 Å². The van der Waals surface area contributed by atoms with Crippen molar-refractivity contribution in [2.24, 2.45) is 5.92 Å². The maximum absolute atomic E-state index is 12.0. The summed E-state index contributed by atoms with van der Waals surface area (Å²) in [6.45, 7) is 6.08. The molecule has 6 heteroatoms. The molecule has 6 nitrogen and oxygen atoms in total. The smallest absolute Gasteiger partial charge is 0.303 e. The maximum atomic E-state index is 12.0. The number of amides is 2. The van der Waals surface area contributed by atoms with Crippen molar-refractivity contribution in [2.45, 2.75) is 52.1 Å². The number of hydrogen-bond donors (Lipinski definition) is 2. The first-order valence-corrected chi connectivity index (χ1v) is 6.63. The van der Waals surface area contributed by atoms with Gasteiger partial charge in [-0.2, -0.15) is 0 Å². The number of carboxylic acid groups (broad SMARTS) is 1. The molecule has 0 radical (unpaired) electrons. The summed E-state index contributed by atoms with van der Waals surface area (Å²) in [5, 5.41) is 11.4. The fourth-order valence-corrected chi connectivity index (χ4v) is 2.18. The predicted molar refractivity (Wildman–Crippen MR) is 69.4 cm³/mol. The molecule has 19 heavy (non-hydrogen) atoms. The van der Waals surface area contributed by atoms with Gasteiger partial charge in [0.2, 0.25) is 11.8 Å². The minimum Gasteiger partial charge on any atom is -0.481 e. The molecule has 2 unspecified atom stereocenters. The number of likely N-dealkylation sites (tertiary alicyclic amines) is 1. The highest BCUT2D eigenvalue weighted by Gasteiger charge is 2.35. The zero-order valence-corrected chi connectivity index (χ0v) is 11.7. The Hall–Kier alpha value is -1.59. The highest BCUT2D eigenvalue weighted by atomic mass is 16.4.